The maximum Gasteiger partial charge on any atom is 0.154 e. The molecule has 1 atom stereocenters. The fourth-order valence-corrected chi connectivity index (χ4v) is 2.47. The van der Waals surface area contributed by atoms with Gasteiger partial charge in [0.25, 0.3) is 0 Å². The van der Waals surface area contributed by atoms with Gasteiger partial charge in [0.2, 0.25) is 0 Å². The van der Waals surface area contributed by atoms with Crippen LogP contribution in [0.25, 0.3) is 0 Å². The average molecular weight is 217 g/mol. The Morgan fingerprint density at radius 2 is 1.88 bits per heavy atom. The van der Waals surface area contributed by atoms with Crippen LogP contribution >= 0.6 is 0 Å². The van der Waals surface area contributed by atoms with Crippen molar-refractivity contribution in [1.82, 2.24) is 0 Å². The molecule has 1 aromatic rings. The van der Waals surface area contributed by atoms with E-state index in [1.165, 1.54) is 25.7 Å². The maximum absolute atomic E-state index is 12.0. The van der Waals surface area contributed by atoms with Gasteiger partial charge in [-0.25, -0.2) is 0 Å². The molecule has 0 aromatic heterocycles. The molecule has 1 aromatic carbocycles. The van der Waals surface area contributed by atoms with Gasteiger partial charge in [0.05, 0.1) is 6.04 Å². The van der Waals surface area contributed by atoms with Crippen molar-refractivity contribution >= 4 is 5.78 Å². The van der Waals surface area contributed by atoms with Crippen molar-refractivity contribution in [3.8, 4) is 0 Å². The zero-order valence-corrected chi connectivity index (χ0v) is 9.56. The zero-order chi connectivity index (χ0) is 11.4. The molecule has 2 N–H and O–H groups in total. The molecule has 1 aliphatic carbocycles. The van der Waals surface area contributed by atoms with Crippen molar-refractivity contribution in [3.05, 3.63) is 35.9 Å². The van der Waals surface area contributed by atoms with Crippen LogP contribution in [-0.4, -0.2) is 5.78 Å². The average Bonchev–Trinajstić information content (AvgIpc) is 2.82. The van der Waals surface area contributed by atoms with Gasteiger partial charge in [-0.1, -0.05) is 56.0 Å². The molecule has 1 saturated carbocycles. The fraction of sp³-hybridized carbons (Fsp3) is 0.500. The van der Waals surface area contributed by atoms with Crippen LogP contribution in [-0.2, 0) is 4.79 Å². The lowest BCUT2D eigenvalue weighted by Crippen LogP contribution is -2.23. The van der Waals surface area contributed by atoms with E-state index >= 15 is 0 Å². The monoisotopic (exact) mass is 217 g/mol. The van der Waals surface area contributed by atoms with Gasteiger partial charge < -0.3 is 5.73 Å². The molecule has 0 heterocycles. The summed E-state index contributed by atoms with van der Waals surface area (Å²) < 4.78 is 0. The number of benzene rings is 1. The number of hydrogen-bond acceptors (Lipinski definition) is 2. The highest BCUT2D eigenvalue weighted by molar-refractivity contribution is 5.85. The molecule has 2 rings (SSSR count). The third-order valence-corrected chi connectivity index (χ3v) is 3.47. The smallest absolute Gasteiger partial charge is 0.154 e. The lowest BCUT2D eigenvalue weighted by atomic mass is 9.94. The van der Waals surface area contributed by atoms with E-state index in [9.17, 15) is 4.79 Å². The first-order valence-corrected chi connectivity index (χ1v) is 6.10. The van der Waals surface area contributed by atoms with Gasteiger partial charge in [0.15, 0.2) is 5.78 Å². The lowest BCUT2D eigenvalue weighted by Gasteiger charge is -2.13. The number of ketones is 1. The third kappa shape index (κ3) is 2.70. The molecule has 1 unspecified atom stereocenters. The lowest BCUT2D eigenvalue weighted by molar-refractivity contribution is -0.121. The Morgan fingerprint density at radius 1 is 1.25 bits per heavy atom. The molecular formula is C14H19NO. The first-order valence-electron chi connectivity index (χ1n) is 6.10. The van der Waals surface area contributed by atoms with Crippen molar-refractivity contribution in [2.24, 2.45) is 11.7 Å². The molecule has 1 fully saturated rings. The number of hydrogen-bond donors (Lipinski definition) is 1. The number of nitrogens with two attached hydrogens (primary N) is 1. The van der Waals surface area contributed by atoms with Gasteiger partial charge in [-0.05, 0) is 11.5 Å². The minimum absolute atomic E-state index is 0.193. The number of carbonyl (C=O) groups is 1. The minimum Gasteiger partial charge on any atom is -0.318 e. The summed E-state index contributed by atoms with van der Waals surface area (Å²) in [5, 5.41) is 0. The van der Waals surface area contributed by atoms with E-state index in [-0.39, 0.29) is 5.78 Å². The molecule has 0 aliphatic heterocycles. The number of rotatable bonds is 4. The first-order chi connectivity index (χ1) is 7.77. The summed E-state index contributed by atoms with van der Waals surface area (Å²) in [6.45, 7) is 0. The van der Waals surface area contributed by atoms with E-state index in [0.29, 0.717) is 12.3 Å². The highest BCUT2D eigenvalue weighted by Gasteiger charge is 2.22. The maximum atomic E-state index is 12.0. The van der Waals surface area contributed by atoms with E-state index in [1.807, 2.05) is 30.3 Å². The summed E-state index contributed by atoms with van der Waals surface area (Å²) in [7, 11) is 0. The van der Waals surface area contributed by atoms with Gasteiger partial charge >= 0.3 is 0 Å². The third-order valence-electron chi connectivity index (χ3n) is 3.47. The Kier molecular flexibility index (Phi) is 3.73. The van der Waals surface area contributed by atoms with E-state index in [2.05, 4.69) is 0 Å². The second kappa shape index (κ2) is 5.26. The summed E-state index contributed by atoms with van der Waals surface area (Å²) in [5.74, 6) is 0.778. The highest BCUT2D eigenvalue weighted by Crippen LogP contribution is 2.29. The second-order valence-corrected chi connectivity index (χ2v) is 4.71. The van der Waals surface area contributed by atoms with Crippen LogP contribution < -0.4 is 5.73 Å². The van der Waals surface area contributed by atoms with Crippen LogP contribution in [0, 0.1) is 5.92 Å². The molecule has 16 heavy (non-hydrogen) atoms. The van der Waals surface area contributed by atoms with Crippen molar-refractivity contribution in [2.75, 3.05) is 0 Å². The van der Waals surface area contributed by atoms with Gasteiger partial charge in [-0.2, -0.15) is 0 Å². The van der Waals surface area contributed by atoms with Crippen LogP contribution in [0.4, 0.5) is 0 Å². The summed E-state index contributed by atoms with van der Waals surface area (Å²) in [6, 6.07) is 9.23. The van der Waals surface area contributed by atoms with Crippen LogP contribution in [0.5, 0.6) is 0 Å². The van der Waals surface area contributed by atoms with E-state index in [1.54, 1.807) is 0 Å². The van der Waals surface area contributed by atoms with Crippen molar-refractivity contribution in [1.29, 1.82) is 0 Å². The van der Waals surface area contributed by atoms with E-state index in [4.69, 9.17) is 5.73 Å². The van der Waals surface area contributed by atoms with Gasteiger partial charge in [-0.15, -0.1) is 0 Å². The van der Waals surface area contributed by atoms with Gasteiger partial charge in [-0.3, -0.25) is 4.79 Å². The molecule has 0 saturated heterocycles. The zero-order valence-electron chi connectivity index (χ0n) is 9.56. The Morgan fingerprint density at radius 3 is 2.50 bits per heavy atom. The summed E-state index contributed by atoms with van der Waals surface area (Å²) >= 11 is 0. The quantitative estimate of drug-likeness (QED) is 0.842. The second-order valence-electron chi connectivity index (χ2n) is 4.71. The summed E-state index contributed by atoms with van der Waals surface area (Å²) in [5.41, 5.74) is 6.90. The normalized spacial score (nSPS) is 18.6. The molecule has 0 bridgehead atoms. The van der Waals surface area contributed by atoms with Crippen molar-refractivity contribution in [3.63, 3.8) is 0 Å². The van der Waals surface area contributed by atoms with Gasteiger partial charge in [0, 0.05) is 6.42 Å². The van der Waals surface area contributed by atoms with Crippen LogP contribution in [0.2, 0.25) is 0 Å². The molecule has 2 nitrogen and oxygen atoms in total. The molecule has 0 spiro atoms. The topological polar surface area (TPSA) is 43.1 Å². The van der Waals surface area contributed by atoms with Gasteiger partial charge in [0.1, 0.15) is 0 Å². The van der Waals surface area contributed by atoms with Crippen molar-refractivity contribution < 1.29 is 4.79 Å². The number of carbonyl (C=O) groups excluding carboxylic acids is 1. The van der Waals surface area contributed by atoms with Crippen LogP contribution in [0.15, 0.2) is 30.3 Å². The van der Waals surface area contributed by atoms with Crippen molar-refractivity contribution in [2.45, 2.75) is 38.1 Å². The first kappa shape index (κ1) is 11.3. The van der Waals surface area contributed by atoms with E-state index < -0.39 is 6.04 Å². The Labute approximate surface area is 96.8 Å². The standard InChI is InChI=1S/C14H19NO/c15-14(12-8-2-1-3-9-12)13(16)10-11-6-4-5-7-11/h1-3,8-9,11,14H,4-7,10,15H2. The predicted molar refractivity (Wildman–Crippen MR) is 65.0 cm³/mol. The molecule has 2 heteroatoms. The number of Topliss-reactive ketones (excluding diaryl/α,β-unsaturated/α-hetero) is 1. The Balaban J connectivity index is 1.94. The summed E-state index contributed by atoms with van der Waals surface area (Å²) in [4.78, 5) is 12.0. The SMILES string of the molecule is NC(C(=O)CC1CCCC1)c1ccccc1. The molecule has 0 radical (unpaired) electrons. The molecule has 1 aliphatic rings. The van der Waals surface area contributed by atoms with Crippen LogP contribution in [0.3, 0.4) is 0 Å². The predicted octanol–water partition coefficient (Wildman–Crippen LogP) is 2.84. The fourth-order valence-electron chi connectivity index (χ4n) is 2.47. The van der Waals surface area contributed by atoms with E-state index in [0.717, 1.165) is 5.56 Å². The minimum atomic E-state index is -0.429. The summed E-state index contributed by atoms with van der Waals surface area (Å²) in [6.07, 6.45) is 5.62. The highest BCUT2D eigenvalue weighted by atomic mass is 16.1. The Bertz CT molecular complexity index is 341. The Hall–Kier alpha value is -1.15. The largest absolute Gasteiger partial charge is 0.318 e. The molecule has 0 amide bonds. The molecule has 86 valence electrons. The van der Waals surface area contributed by atoms with Crippen LogP contribution in [0.1, 0.15) is 43.7 Å². The molecular weight excluding hydrogens is 198 g/mol.